The number of rotatable bonds is 4. The number of thioether (sulfide) groups is 1. The van der Waals surface area contributed by atoms with Gasteiger partial charge in [0.25, 0.3) is 0 Å². The van der Waals surface area contributed by atoms with Gasteiger partial charge in [0.2, 0.25) is 0 Å². The number of halogens is 1. The van der Waals surface area contributed by atoms with Gasteiger partial charge in [-0.1, -0.05) is 11.8 Å². The standard InChI is InChI=1S/C21H16INS/c22-20-7-3-17(4-8-20)1-2-18-5-9-21(10-6-18)24-16-13-19-11-14-23-15-12-19/h3-12,14-15H,13,16H2. The lowest BCUT2D eigenvalue weighted by Crippen LogP contribution is -1.88. The van der Waals surface area contributed by atoms with Crippen molar-refractivity contribution in [3.05, 3.63) is 93.3 Å². The van der Waals surface area contributed by atoms with Crippen molar-refractivity contribution in [2.75, 3.05) is 5.75 Å². The summed E-state index contributed by atoms with van der Waals surface area (Å²) >= 11 is 4.17. The van der Waals surface area contributed by atoms with Gasteiger partial charge in [-0.2, -0.15) is 0 Å². The smallest absolute Gasteiger partial charge is 0.0270 e. The summed E-state index contributed by atoms with van der Waals surface area (Å²) in [6, 6.07) is 20.9. The van der Waals surface area contributed by atoms with E-state index < -0.39 is 0 Å². The van der Waals surface area contributed by atoms with Crippen LogP contribution in [-0.4, -0.2) is 10.7 Å². The van der Waals surface area contributed by atoms with E-state index in [1.54, 1.807) is 0 Å². The van der Waals surface area contributed by atoms with E-state index in [9.17, 15) is 0 Å². The van der Waals surface area contributed by atoms with Crippen molar-refractivity contribution in [2.24, 2.45) is 0 Å². The number of pyridine rings is 1. The van der Waals surface area contributed by atoms with Gasteiger partial charge in [-0.3, -0.25) is 4.98 Å². The third kappa shape index (κ3) is 5.40. The number of nitrogens with zero attached hydrogens (tertiary/aromatic N) is 1. The fraction of sp³-hybridized carbons (Fsp3) is 0.0952. The number of benzene rings is 2. The molecule has 0 aliphatic heterocycles. The van der Waals surface area contributed by atoms with Crippen molar-refractivity contribution < 1.29 is 0 Å². The van der Waals surface area contributed by atoms with Gasteiger partial charge in [-0.05, 0) is 95.2 Å². The van der Waals surface area contributed by atoms with Crippen LogP contribution in [0, 0.1) is 15.4 Å². The molecule has 0 aliphatic rings. The monoisotopic (exact) mass is 441 g/mol. The summed E-state index contributed by atoms with van der Waals surface area (Å²) in [7, 11) is 0. The minimum atomic E-state index is 1.05. The topological polar surface area (TPSA) is 12.9 Å². The first-order valence-corrected chi connectivity index (χ1v) is 9.75. The zero-order valence-corrected chi connectivity index (χ0v) is 16.0. The highest BCUT2D eigenvalue weighted by Crippen LogP contribution is 2.19. The Morgan fingerprint density at radius 1 is 0.792 bits per heavy atom. The second-order valence-corrected chi connectivity index (χ2v) is 7.65. The predicted molar refractivity (Wildman–Crippen MR) is 110 cm³/mol. The molecule has 0 bridgehead atoms. The minimum Gasteiger partial charge on any atom is -0.265 e. The fourth-order valence-electron chi connectivity index (χ4n) is 2.15. The Hall–Kier alpha value is -1.77. The van der Waals surface area contributed by atoms with Crippen molar-refractivity contribution >= 4 is 34.4 Å². The zero-order chi connectivity index (χ0) is 16.6. The maximum atomic E-state index is 4.04. The van der Waals surface area contributed by atoms with Crippen molar-refractivity contribution in [1.82, 2.24) is 4.98 Å². The van der Waals surface area contributed by atoms with E-state index in [0.29, 0.717) is 0 Å². The summed E-state index contributed by atoms with van der Waals surface area (Å²) in [6.45, 7) is 0. The van der Waals surface area contributed by atoms with E-state index in [0.717, 1.165) is 23.3 Å². The molecule has 0 N–H and O–H groups in total. The minimum absolute atomic E-state index is 1.05. The second kappa shape index (κ2) is 8.91. The fourth-order valence-corrected chi connectivity index (χ4v) is 3.41. The second-order valence-electron chi connectivity index (χ2n) is 5.24. The molecule has 3 rings (SSSR count). The zero-order valence-electron chi connectivity index (χ0n) is 13.1. The molecule has 3 aromatic rings. The van der Waals surface area contributed by atoms with Crippen molar-refractivity contribution in [3.8, 4) is 11.8 Å². The molecule has 24 heavy (non-hydrogen) atoms. The van der Waals surface area contributed by atoms with E-state index in [1.807, 2.05) is 24.2 Å². The number of aromatic nitrogens is 1. The van der Waals surface area contributed by atoms with E-state index in [1.165, 1.54) is 14.0 Å². The van der Waals surface area contributed by atoms with Gasteiger partial charge in [-0.25, -0.2) is 0 Å². The predicted octanol–water partition coefficient (Wildman–Crippen LogP) is 5.42. The SMILES string of the molecule is Ic1ccc(C#Cc2ccc(SCCc3ccncc3)cc2)cc1. The first-order valence-electron chi connectivity index (χ1n) is 7.69. The van der Waals surface area contributed by atoms with E-state index in [2.05, 4.69) is 100 Å². The highest BCUT2D eigenvalue weighted by atomic mass is 127. The van der Waals surface area contributed by atoms with Gasteiger partial charge in [-0.15, -0.1) is 11.8 Å². The first-order chi connectivity index (χ1) is 11.8. The van der Waals surface area contributed by atoms with Crippen LogP contribution < -0.4 is 0 Å². The van der Waals surface area contributed by atoms with Gasteiger partial charge in [0.05, 0.1) is 0 Å². The van der Waals surface area contributed by atoms with Gasteiger partial charge in [0.1, 0.15) is 0 Å². The molecule has 0 amide bonds. The van der Waals surface area contributed by atoms with Crippen LogP contribution in [0.2, 0.25) is 0 Å². The average Bonchev–Trinajstić information content (AvgIpc) is 2.63. The maximum absolute atomic E-state index is 4.04. The molecule has 1 heterocycles. The van der Waals surface area contributed by atoms with Gasteiger partial charge in [0.15, 0.2) is 0 Å². The van der Waals surface area contributed by atoms with Gasteiger partial charge >= 0.3 is 0 Å². The molecule has 0 saturated heterocycles. The summed E-state index contributed by atoms with van der Waals surface area (Å²) < 4.78 is 1.23. The third-order valence-corrected chi connectivity index (χ3v) is 5.19. The van der Waals surface area contributed by atoms with E-state index in [-0.39, 0.29) is 0 Å². The van der Waals surface area contributed by atoms with Crippen LogP contribution in [0.5, 0.6) is 0 Å². The average molecular weight is 441 g/mol. The van der Waals surface area contributed by atoms with Crippen LogP contribution >= 0.6 is 34.4 Å². The van der Waals surface area contributed by atoms with Crippen molar-refractivity contribution in [1.29, 1.82) is 0 Å². The molecular weight excluding hydrogens is 425 g/mol. The van der Waals surface area contributed by atoms with Crippen LogP contribution in [0.4, 0.5) is 0 Å². The summed E-state index contributed by atoms with van der Waals surface area (Å²) in [5.41, 5.74) is 3.43. The summed E-state index contributed by atoms with van der Waals surface area (Å²) in [5.74, 6) is 7.49. The molecular formula is C21H16INS. The molecule has 0 saturated carbocycles. The van der Waals surface area contributed by atoms with Crippen LogP contribution in [0.3, 0.4) is 0 Å². The summed E-state index contributed by atoms with van der Waals surface area (Å²) in [5, 5.41) is 0. The van der Waals surface area contributed by atoms with Gasteiger partial charge in [0, 0.05) is 37.7 Å². The number of aryl methyl sites for hydroxylation is 1. The van der Waals surface area contributed by atoms with Gasteiger partial charge < -0.3 is 0 Å². The molecule has 0 aliphatic carbocycles. The van der Waals surface area contributed by atoms with Crippen LogP contribution in [0.1, 0.15) is 16.7 Å². The Bertz CT molecular complexity index is 831. The molecule has 0 unspecified atom stereocenters. The van der Waals surface area contributed by atoms with E-state index in [4.69, 9.17) is 0 Å². The Morgan fingerprint density at radius 3 is 2.00 bits per heavy atom. The lowest BCUT2D eigenvalue weighted by atomic mass is 10.2. The molecule has 0 radical (unpaired) electrons. The largest absolute Gasteiger partial charge is 0.265 e. The molecule has 118 valence electrons. The maximum Gasteiger partial charge on any atom is 0.0270 e. The molecule has 1 nitrogen and oxygen atoms in total. The molecule has 0 spiro atoms. The molecule has 1 aromatic heterocycles. The molecule has 0 fully saturated rings. The van der Waals surface area contributed by atoms with E-state index >= 15 is 0 Å². The Labute approximate surface area is 161 Å². The number of hydrogen-bond acceptors (Lipinski definition) is 2. The highest BCUT2D eigenvalue weighted by molar-refractivity contribution is 14.1. The summed E-state index contributed by atoms with van der Waals surface area (Å²) in [4.78, 5) is 5.33. The lowest BCUT2D eigenvalue weighted by Gasteiger charge is -2.02. The van der Waals surface area contributed by atoms with Crippen LogP contribution in [-0.2, 0) is 6.42 Å². The molecule has 2 aromatic carbocycles. The molecule has 0 atom stereocenters. The normalized spacial score (nSPS) is 10.0. The Morgan fingerprint density at radius 2 is 1.38 bits per heavy atom. The summed E-state index contributed by atoms with van der Waals surface area (Å²) in [6.07, 6.45) is 4.75. The van der Waals surface area contributed by atoms with Crippen molar-refractivity contribution in [2.45, 2.75) is 11.3 Å². The van der Waals surface area contributed by atoms with Crippen molar-refractivity contribution in [3.63, 3.8) is 0 Å². The lowest BCUT2D eigenvalue weighted by molar-refractivity contribution is 1.13. The van der Waals surface area contributed by atoms with Crippen LogP contribution in [0.25, 0.3) is 0 Å². The quantitative estimate of drug-likeness (QED) is 0.305. The molecule has 3 heteroatoms. The third-order valence-electron chi connectivity index (χ3n) is 3.46. The highest BCUT2D eigenvalue weighted by Gasteiger charge is 1.96. The number of hydrogen-bond donors (Lipinski definition) is 0. The first kappa shape index (κ1) is 17.1. The van der Waals surface area contributed by atoms with Crippen LogP contribution in [0.15, 0.2) is 78.0 Å². The Kier molecular flexibility index (Phi) is 6.33. The Balaban J connectivity index is 1.55.